The molecule has 3 rings (SSSR count). The van der Waals surface area contributed by atoms with Crippen LogP contribution in [0.15, 0.2) is 24.3 Å². The maximum Gasteiger partial charge on any atom is 0.342 e. The van der Waals surface area contributed by atoms with Gasteiger partial charge in [0.1, 0.15) is 23.7 Å². The van der Waals surface area contributed by atoms with Crippen LogP contribution in [0.2, 0.25) is 0 Å². The Morgan fingerprint density at radius 1 is 1.09 bits per heavy atom. The molecule has 0 saturated carbocycles. The molecule has 2 amide bonds. The minimum Gasteiger partial charge on any atom is -0.460 e. The zero-order valence-corrected chi connectivity index (χ0v) is 20.0. The highest BCUT2D eigenvalue weighted by molar-refractivity contribution is 6.04. The van der Waals surface area contributed by atoms with E-state index in [1.807, 2.05) is 0 Å². The van der Waals surface area contributed by atoms with Gasteiger partial charge in [-0.15, -0.1) is 0 Å². The van der Waals surface area contributed by atoms with Gasteiger partial charge < -0.3 is 19.3 Å². The topological polar surface area (TPSA) is 145 Å². The normalized spacial score (nSPS) is 15.6. The van der Waals surface area contributed by atoms with Gasteiger partial charge in [0, 0.05) is 50.5 Å². The van der Waals surface area contributed by atoms with E-state index in [1.54, 1.807) is 25.7 Å². The third-order valence-electron chi connectivity index (χ3n) is 5.63. The summed E-state index contributed by atoms with van der Waals surface area (Å²) in [4.78, 5) is 60.9. The molecular formula is C23H27N5O7. The molecule has 1 atom stereocenters. The van der Waals surface area contributed by atoms with E-state index in [0.717, 1.165) is 0 Å². The summed E-state index contributed by atoms with van der Waals surface area (Å²) in [6.07, 6.45) is 0. The minimum absolute atomic E-state index is 0.00809. The third kappa shape index (κ3) is 5.77. The SMILES string of the molecule is COCCOC(=O)c1c(C)nc(C)nc1C(=O)N1CCN(C(=O)c2ccc([N+](=O)[O-])cc2)C(C)C1. The predicted octanol–water partition coefficient (Wildman–Crippen LogP) is 1.79. The molecule has 1 unspecified atom stereocenters. The Morgan fingerprint density at radius 3 is 2.37 bits per heavy atom. The molecule has 186 valence electrons. The summed E-state index contributed by atoms with van der Waals surface area (Å²) in [6.45, 7) is 5.98. The largest absolute Gasteiger partial charge is 0.460 e. The number of ether oxygens (including phenoxy) is 2. The van der Waals surface area contributed by atoms with Crippen molar-refractivity contribution in [3.63, 3.8) is 0 Å². The van der Waals surface area contributed by atoms with Crippen molar-refractivity contribution in [2.45, 2.75) is 26.8 Å². The number of non-ortho nitro benzene ring substituents is 1. The summed E-state index contributed by atoms with van der Waals surface area (Å²) in [6, 6.07) is 5.06. The van der Waals surface area contributed by atoms with Gasteiger partial charge in [0.15, 0.2) is 0 Å². The summed E-state index contributed by atoms with van der Waals surface area (Å²) >= 11 is 0. The number of benzene rings is 1. The van der Waals surface area contributed by atoms with Crippen molar-refractivity contribution >= 4 is 23.5 Å². The van der Waals surface area contributed by atoms with Crippen LogP contribution >= 0.6 is 0 Å². The summed E-state index contributed by atoms with van der Waals surface area (Å²) in [5, 5.41) is 10.9. The number of nitrogens with zero attached hydrogens (tertiary/aromatic N) is 5. The van der Waals surface area contributed by atoms with Crippen LogP contribution in [0.4, 0.5) is 5.69 Å². The lowest BCUT2D eigenvalue weighted by Crippen LogP contribution is -2.55. The Hall–Kier alpha value is -3.93. The quantitative estimate of drug-likeness (QED) is 0.248. The number of nitro groups is 1. The number of aromatic nitrogens is 2. The average Bonchev–Trinajstić information content (AvgIpc) is 2.82. The van der Waals surface area contributed by atoms with Gasteiger partial charge in [-0.25, -0.2) is 14.8 Å². The summed E-state index contributed by atoms with van der Waals surface area (Å²) in [7, 11) is 1.48. The number of hydrogen-bond acceptors (Lipinski definition) is 9. The molecule has 2 heterocycles. The molecule has 0 bridgehead atoms. The molecule has 0 spiro atoms. The first-order valence-electron chi connectivity index (χ1n) is 11.0. The number of carbonyl (C=O) groups is 3. The number of piperazine rings is 1. The fourth-order valence-electron chi connectivity index (χ4n) is 3.89. The first kappa shape index (κ1) is 25.7. The Bertz CT molecular complexity index is 1140. The predicted molar refractivity (Wildman–Crippen MR) is 123 cm³/mol. The van der Waals surface area contributed by atoms with Gasteiger partial charge in [-0.1, -0.05) is 0 Å². The molecule has 0 N–H and O–H groups in total. The van der Waals surface area contributed by atoms with Crippen molar-refractivity contribution in [1.82, 2.24) is 19.8 Å². The summed E-state index contributed by atoms with van der Waals surface area (Å²) in [5.41, 5.74) is 0.527. The van der Waals surface area contributed by atoms with E-state index in [-0.39, 0.29) is 61.7 Å². The van der Waals surface area contributed by atoms with Gasteiger partial charge >= 0.3 is 5.97 Å². The highest BCUT2D eigenvalue weighted by Crippen LogP contribution is 2.20. The van der Waals surface area contributed by atoms with E-state index < -0.39 is 16.8 Å². The van der Waals surface area contributed by atoms with Gasteiger partial charge in [0.25, 0.3) is 17.5 Å². The zero-order valence-electron chi connectivity index (χ0n) is 20.0. The van der Waals surface area contributed by atoms with E-state index in [9.17, 15) is 24.5 Å². The third-order valence-corrected chi connectivity index (χ3v) is 5.63. The van der Waals surface area contributed by atoms with E-state index >= 15 is 0 Å². The molecule has 1 aliphatic rings. The van der Waals surface area contributed by atoms with E-state index in [1.165, 1.54) is 36.3 Å². The molecule has 12 nitrogen and oxygen atoms in total. The van der Waals surface area contributed by atoms with Crippen LogP contribution in [0.3, 0.4) is 0 Å². The van der Waals surface area contributed by atoms with Crippen molar-refractivity contribution in [3.8, 4) is 0 Å². The number of rotatable bonds is 7. The molecular weight excluding hydrogens is 458 g/mol. The van der Waals surface area contributed by atoms with Crippen molar-refractivity contribution < 1.29 is 28.8 Å². The molecule has 0 radical (unpaired) electrons. The van der Waals surface area contributed by atoms with Crippen LogP contribution in [0.1, 0.15) is 49.6 Å². The highest BCUT2D eigenvalue weighted by Gasteiger charge is 2.34. The maximum absolute atomic E-state index is 13.4. The number of methoxy groups -OCH3 is 1. The van der Waals surface area contributed by atoms with Crippen LogP contribution in [0, 0.1) is 24.0 Å². The zero-order chi connectivity index (χ0) is 25.7. The molecule has 0 aliphatic carbocycles. The number of esters is 1. The molecule has 2 aromatic rings. The van der Waals surface area contributed by atoms with Crippen LogP contribution < -0.4 is 0 Å². The number of carbonyl (C=O) groups excluding carboxylic acids is 3. The number of aryl methyl sites for hydroxylation is 2. The summed E-state index contributed by atoms with van der Waals surface area (Å²) in [5.74, 6) is -1.09. The molecule has 1 aliphatic heterocycles. The van der Waals surface area contributed by atoms with Crippen LogP contribution in [0.5, 0.6) is 0 Å². The second kappa shape index (κ2) is 11.0. The standard InChI is InChI=1S/C23H27N5O7/c1-14-13-26(9-10-27(14)21(29)17-5-7-18(8-6-17)28(32)33)22(30)20-19(15(2)24-16(3)25-20)23(31)35-12-11-34-4/h5-8,14H,9-13H2,1-4H3. The Kier molecular flexibility index (Phi) is 8.07. The Morgan fingerprint density at radius 2 is 1.77 bits per heavy atom. The van der Waals surface area contributed by atoms with Crippen LogP contribution in [0.25, 0.3) is 0 Å². The average molecular weight is 485 g/mol. The monoisotopic (exact) mass is 485 g/mol. The highest BCUT2D eigenvalue weighted by atomic mass is 16.6. The lowest BCUT2D eigenvalue weighted by Gasteiger charge is -2.40. The molecule has 35 heavy (non-hydrogen) atoms. The van der Waals surface area contributed by atoms with Gasteiger partial charge in [0.2, 0.25) is 0 Å². The number of amides is 2. The van der Waals surface area contributed by atoms with E-state index in [2.05, 4.69) is 9.97 Å². The summed E-state index contributed by atoms with van der Waals surface area (Å²) < 4.78 is 10.1. The maximum atomic E-state index is 13.4. The van der Waals surface area contributed by atoms with E-state index in [4.69, 9.17) is 9.47 Å². The second-order valence-corrected chi connectivity index (χ2v) is 8.11. The smallest absolute Gasteiger partial charge is 0.342 e. The van der Waals surface area contributed by atoms with Gasteiger partial charge in [-0.2, -0.15) is 0 Å². The van der Waals surface area contributed by atoms with Crippen molar-refractivity contribution in [1.29, 1.82) is 0 Å². The molecule has 1 saturated heterocycles. The van der Waals surface area contributed by atoms with Crippen molar-refractivity contribution in [2.75, 3.05) is 40.0 Å². The molecule has 1 aromatic heterocycles. The lowest BCUT2D eigenvalue weighted by atomic mass is 10.1. The first-order valence-corrected chi connectivity index (χ1v) is 11.0. The van der Waals surface area contributed by atoms with E-state index in [0.29, 0.717) is 17.1 Å². The molecule has 12 heteroatoms. The molecule has 1 aromatic carbocycles. The van der Waals surface area contributed by atoms with Gasteiger partial charge in [-0.05, 0) is 32.9 Å². The van der Waals surface area contributed by atoms with Crippen molar-refractivity contribution in [3.05, 3.63) is 62.7 Å². The Balaban J connectivity index is 1.76. The first-order chi connectivity index (χ1) is 16.6. The fourth-order valence-corrected chi connectivity index (χ4v) is 3.89. The lowest BCUT2D eigenvalue weighted by molar-refractivity contribution is -0.384. The van der Waals surface area contributed by atoms with Gasteiger partial charge in [0.05, 0.1) is 17.2 Å². The fraction of sp³-hybridized carbons (Fsp3) is 0.435. The number of nitro benzene ring substituents is 1. The number of hydrogen-bond donors (Lipinski definition) is 0. The minimum atomic E-state index is -0.706. The van der Waals surface area contributed by atoms with Gasteiger partial charge in [-0.3, -0.25) is 19.7 Å². The molecule has 1 fully saturated rings. The second-order valence-electron chi connectivity index (χ2n) is 8.11. The Labute approximate surface area is 202 Å². The van der Waals surface area contributed by atoms with Crippen LogP contribution in [-0.2, 0) is 9.47 Å². The van der Waals surface area contributed by atoms with Crippen LogP contribution in [-0.4, -0.2) is 88.5 Å². The van der Waals surface area contributed by atoms with Crippen molar-refractivity contribution in [2.24, 2.45) is 0 Å².